The molecule has 7 nitrogen and oxygen atoms in total. The summed E-state index contributed by atoms with van der Waals surface area (Å²) in [7, 11) is -3.57. The molecule has 0 spiro atoms. The van der Waals surface area contributed by atoms with Crippen LogP contribution in [0.25, 0.3) is 27.6 Å². The molecule has 1 aliphatic rings. The number of ether oxygens (including phenoxy) is 1. The third-order valence-electron chi connectivity index (χ3n) is 5.78. The molecule has 0 amide bonds. The van der Waals surface area contributed by atoms with Gasteiger partial charge in [-0.2, -0.15) is 4.31 Å². The van der Waals surface area contributed by atoms with Gasteiger partial charge in [0.05, 0.1) is 29.5 Å². The summed E-state index contributed by atoms with van der Waals surface area (Å²) in [5.74, 6) is 0. The van der Waals surface area contributed by atoms with E-state index in [0.717, 1.165) is 39.0 Å². The first kappa shape index (κ1) is 22.0. The average Bonchev–Trinajstić information content (AvgIpc) is 3.44. The maximum Gasteiger partial charge on any atom is 0.243 e. The smallest absolute Gasteiger partial charge is 0.243 e. The van der Waals surface area contributed by atoms with E-state index >= 15 is 0 Å². The molecule has 9 heteroatoms. The van der Waals surface area contributed by atoms with Gasteiger partial charge < -0.3 is 9.30 Å². The number of hydrogen-bond acceptors (Lipinski definition) is 6. The van der Waals surface area contributed by atoms with Crippen LogP contribution in [0.3, 0.4) is 0 Å². The van der Waals surface area contributed by atoms with Gasteiger partial charge >= 0.3 is 0 Å². The molecule has 0 radical (unpaired) electrons. The summed E-state index contributed by atoms with van der Waals surface area (Å²) in [6, 6.07) is 15.0. The zero-order valence-corrected chi connectivity index (χ0v) is 20.1. The Labute approximate surface area is 197 Å². The Bertz CT molecular complexity index is 1390. The second kappa shape index (κ2) is 8.83. The van der Waals surface area contributed by atoms with Gasteiger partial charge in [0.1, 0.15) is 5.01 Å². The zero-order chi connectivity index (χ0) is 23.0. The number of morpholine rings is 1. The van der Waals surface area contributed by atoms with Crippen molar-refractivity contribution in [2.75, 3.05) is 26.3 Å². The van der Waals surface area contributed by atoms with Crippen LogP contribution in [0.2, 0.25) is 0 Å². The molecule has 33 heavy (non-hydrogen) atoms. The number of aryl methyl sites for hydroxylation is 1. The van der Waals surface area contributed by atoms with E-state index < -0.39 is 10.0 Å². The van der Waals surface area contributed by atoms with Crippen molar-refractivity contribution in [1.82, 2.24) is 18.8 Å². The van der Waals surface area contributed by atoms with Gasteiger partial charge in [-0.05, 0) is 50.2 Å². The molecule has 3 aromatic heterocycles. The van der Waals surface area contributed by atoms with Gasteiger partial charge in [0, 0.05) is 47.3 Å². The van der Waals surface area contributed by atoms with Crippen LogP contribution in [0, 0.1) is 13.8 Å². The highest BCUT2D eigenvalue weighted by Crippen LogP contribution is 2.33. The van der Waals surface area contributed by atoms with E-state index in [2.05, 4.69) is 15.6 Å². The third kappa shape index (κ3) is 4.13. The highest BCUT2D eigenvalue weighted by atomic mass is 32.2. The van der Waals surface area contributed by atoms with Gasteiger partial charge in [-0.25, -0.2) is 13.4 Å². The Kier molecular flexibility index (Phi) is 5.88. The van der Waals surface area contributed by atoms with E-state index in [0.29, 0.717) is 31.2 Å². The van der Waals surface area contributed by atoms with E-state index in [1.807, 2.05) is 43.5 Å². The summed E-state index contributed by atoms with van der Waals surface area (Å²) in [6.45, 7) is 5.65. The molecule has 1 aromatic carbocycles. The minimum atomic E-state index is -3.57. The number of rotatable bonds is 5. The molecular weight excluding hydrogens is 456 g/mol. The average molecular weight is 481 g/mol. The number of pyridine rings is 1. The molecule has 0 bridgehead atoms. The fourth-order valence-electron chi connectivity index (χ4n) is 4.14. The molecule has 0 aliphatic carbocycles. The van der Waals surface area contributed by atoms with Crippen molar-refractivity contribution in [3.05, 3.63) is 71.5 Å². The van der Waals surface area contributed by atoms with Crippen LogP contribution < -0.4 is 0 Å². The van der Waals surface area contributed by atoms with Gasteiger partial charge in [0.25, 0.3) is 0 Å². The predicted octanol–water partition coefficient (Wildman–Crippen LogP) is 4.30. The summed E-state index contributed by atoms with van der Waals surface area (Å²) in [6.07, 6.45) is 1.76. The maximum absolute atomic E-state index is 13.2. The molecule has 0 N–H and O–H groups in total. The van der Waals surface area contributed by atoms with E-state index in [4.69, 9.17) is 9.72 Å². The standard InChI is InChI=1S/C24H24N4O3S2/c1-17-14-21(23-16-32-24(26-23)22-8-3-4-9-25-22)18(2)28(17)19-6-5-7-20(15-19)33(29,30)27-10-12-31-13-11-27/h3-9,14-16H,10-13H2,1-2H3. The van der Waals surface area contributed by atoms with E-state index in [-0.39, 0.29) is 0 Å². The van der Waals surface area contributed by atoms with Crippen molar-refractivity contribution in [2.45, 2.75) is 18.7 Å². The molecular formula is C24H24N4O3S2. The fourth-order valence-corrected chi connectivity index (χ4v) is 6.39. The summed E-state index contributed by atoms with van der Waals surface area (Å²) in [5, 5.41) is 2.91. The lowest BCUT2D eigenvalue weighted by atomic mass is 10.2. The lowest BCUT2D eigenvalue weighted by Gasteiger charge is -2.26. The number of hydrogen-bond donors (Lipinski definition) is 0. The van der Waals surface area contributed by atoms with E-state index in [1.165, 1.54) is 4.31 Å². The number of sulfonamides is 1. The van der Waals surface area contributed by atoms with Crippen LogP contribution in [0.15, 0.2) is 65.0 Å². The fraction of sp³-hybridized carbons (Fsp3) is 0.250. The van der Waals surface area contributed by atoms with Crippen molar-refractivity contribution in [3.63, 3.8) is 0 Å². The van der Waals surface area contributed by atoms with Crippen LogP contribution in [-0.2, 0) is 14.8 Å². The number of benzene rings is 1. The summed E-state index contributed by atoms with van der Waals surface area (Å²) < 4.78 is 35.2. The van der Waals surface area contributed by atoms with Crippen LogP contribution in [0.5, 0.6) is 0 Å². The monoisotopic (exact) mass is 480 g/mol. The van der Waals surface area contributed by atoms with Crippen LogP contribution in [0.1, 0.15) is 11.4 Å². The summed E-state index contributed by atoms with van der Waals surface area (Å²) in [5.41, 5.74) is 5.58. The van der Waals surface area contributed by atoms with Gasteiger partial charge in [-0.3, -0.25) is 4.98 Å². The minimum Gasteiger partial charge on any atom is -0.379 e. The van der Waals surface area contributed by atoms with Crippen LogP contribution >= 0.6 is 11.3 Å². The SMILES string of the molecule is Cc1cc(-c2csc(-c3ccccn3)n2)c(C)n1-c1cccc(S(=O)(=O)N2CCOCC2)c1. The highest BCUT2D eigenvalue weighted by Gasteiger charge is 2.27. The summed E-state index contributed by atoms with van der Waals surface area (Å²) in [4.78, 5) is 9.49. The molecule has 0 atom stereocenters. The normalized spacial score (nSPS) is 15.1. The van der Waals surface area contributed by atoms with E-state index in [9.17, 15) is 8.42 Å². The molecule has 0 unspecified atom stereocenters. The lowest BCUT2D eigenvalue weighted by molar-refractivity contribution is 0.0730. The molecule has 1 saturated heterocycles. The molecule has 4 heterocycles. The Morgan fingerprint density at radius 3 is 2.58 bits per heavy atom. The van der Waals surface area contributed by atoms with Gasteiger partial charge in [0.2, 0.25) is 10.0 Å². The largest absolute Gasteiger partial charge is 0.379 e. The van der Waals surface area contributed by atoms with Gasteiger partial charge in [-0.1, -0.05) is 12.1 Å². The molecule has 170 valence electrons. The van der Waals surface area contributed by atoms with Crippen LogP contribution in [-0.4, -0.2) is 53.6 Å². The topological polar surface area (TPSA) is 77.3 Å². The minimum absolute atomic E-state index is 0.294. The first-order valence-corrected chi connectivity index (χ1v) is 13.0. The molecule has 5 rings (SSSR count). The second-order valence-corrected chi connectivity index (χ2v) is 10.7. The number of nitrogens with zero attached hydrogens (tertiary/aromatic N) is 4. The molecule has 1 aliphatic heterocycles. The van der Waals surface area contributed by atoms with Crippen molar-refractivity contribution >= 4 is 21.4 Å². The predicted molar refractivity (Wildman–Crippen MR) is 129 cm³/mol. The van der Waals surface area contributed by atoms with Gasteiger partial charge in [-0.15, -0.1) is 11.3 Å². The quantitative estimate of drug-likeness (QED) is 0.426. The van der Waals surface area contributed by atoms with Crippen molar-refractivity contribution in [3.8, 4) is 27.6 Å². The third-order valence-corrected chi connectivity index (χ3v) is 8.54. The Balaban J connectivity index is 1.51. The Morgan fingerprint density at radius 2 is 1.82 bits per heavy atom. The molecule has 1 fully saturated rings. The zero-order valence-electron chi connectivity index (χ0n) is 18.4. The van der Waals surface area contributed by atoms with Crippen LogP contribution in [0.4, 0.5) is 0 Å². The highest BCUT2D eigenvalue weighted by molar-refractivity contribution is 7.89. The second-order valence-electron chi connectivity index (χ2n) is 7.89. The maximum atomic E-state index is 13.2. The first-order valence-electron chi connectivity index (χ1n) is 10.7. The lowest BCUT2D eigenvalue weighted by Crippen LogP contribution is -2.40. The van der Waals surface area contributed by atoms with E-state index in [1.54, 1.807) is 35.7 Å². The number of aromatic nitrogens is 3. The van der Waals surface area contributed by atoms with Crippen molar-refractivity contribution in [2.24, 2.45) is 0 Å². The molecule has 0 saturated carbocycles. The van der Waals surface area contributed by atoms with Crippen molar-refractivity contribution in [1.29, 1.82) is 0 Å². The number of thiazole rings is 1. The van der Waals surface area contributed by atoms with Crippen molar-refractivity contribution < 1.29 is 13.2 Å². The summed E-state index contributed by atoms with van der Waals surface area (Å²) >= 11 is 1.56. The Hall–Kier alpha value is -2.85. The molecule has 4 aromatic rings. The first-order chi connectivity index (χ1) is 15.9. The van der Waals surface area contributed by atoms with Gasteiger partial charge in [0.15, 0.2) is 0 Å². The Morgan fingerprint density at radius 1 is 1.00 bits per heavy atom.